The third-order valence-electron chi connectivity index (χ3n) is 4.18. The van der Waals surface area contributed by atoms with Gasteiger partial charge in [0.15, 0.2) is 0 Å². The lowest BCUT2D eigenvalue weighted by atomic mass is 9.87. The van der Waals surface area contributed by atoms with Crippen molar-refractivity contribution < 1.29 is 9.59 Å². The number of hydrogen-bond donors (Lipinski definition) is 3. The van der Waals surface area contributed by atoms with Crippen molar-refractivity contribution >= 4 is 11.8 Å². The molecular formula is C15H19N3O3. The van der Waals surface area contributed by atoms with Crippen molar-refractivity contribution in [2.75, 3.05) is 6.54 Å². The van der Waals surface area contributed by atoms with Crippen LogP contribution in [0.3, 0.4) is 0 Å². The number of amides is 2. The van der Waals surface area contributed by atoms with Crippen molar-refractivity contribution in [3.05, 3.63) is 33.7 Å². The predicted octanol–water partition coefficient (Wildman–Crippen LogP) is 0.507. The quantitative estimate of drug-likeness (QED) is 0.757. The maximum atomic E-state index is 12.3. The van der Waals surface area contributed by atoms with Crippen LogP contribution in [0.2, 0.25) is 0 Å². The monoisotopic (exact) mass is 289 g/mol. The van der Waals surface area contributed by atoms with Crippen molar-refractivity contribution in [3.8, 4) is 0 Å². The molecule has 2 heterocycles. The zero-order chi connectivity index (χ0) is 15.2. The van der Waals surface area contributed by atoms with E-state index in [9.17, 15) is 14.4 Å². The average Bonchev–Trinajstić information content (AvgIpc) is 3.22. The van der Waals surface area contributed by atoms with E-state index in [-0.39, 0.29) is 22.8 Å². The van der Waals surface area contributed by atoms with Gasteiger partial charge in [-0.1, -0.05) is 13.8 Å². The highest BCUT2D eigenvalue weighted by atomic mass is 16.2. The number of carbonyl (C=O) groups is 2. The molecule has 2 amide bonds. The standard InChI is InChI=1S/C15H19N3O3/c1-15(2)7-16-14(21)12(15)18-13(20)9-5-10(8-3-4-8)17-11(19)6-9/h5-6,8,12H,3-4,7H2,1-2H3,(H,16,21)(H,17,19)(H,18,20). The zero-order valence-electron chi connectivity index (χ0n) is 12.2. The molecule has 3 rings (SSSR count). The maximum absolute atomic E-state index is 12.3. The summed E-state index contributed by atoms with van der Waals surface area (Å²) >= 11 is 0. The Morgan fingerprint density at radius 2 is 2.00 bits per heavy atom. The third-order valence-corrected chi connectivity index (χ3v) is 4.18. The first kappa shape index (κ1) is 13.9. The molecule has 2 aliphatic rings. The largest absolute Gasteiger partial charge is 0.354 e. The van der Waals surface area contributed by atoms with Gasteiger partial charge in [-0.3, -0.25) is 14.4 Å². The fraction of sp³-hybridized carbons (Fsp3) is 0.533. The normalized spacial score (nSPS) is 23.7. The summed E-state index contributed by atoms with van der Waals surface area (Å²) in [5, 5.41) is 5.49. The number of nitrogens with one attached hydrogen (secondary N) is 3. The Bertz CT molecular complexity index is 658. The van der Waals surface area contributed by atoms with Crippen LogP contribution in [0.25, 0.3) is 0 Å². The van der Waals surface area contributed by atoms with Gasteiger partial charge < -0.3 is 15.6 Å². The Hall–Kier alpha value is -2.11. The van der Waals surface area contributed by atoms with Gasteiger partial charge >= 0.3 is 0 Å². The van der Waals surface area contributed by atoms with Crippen molar-refractivity contribution in [2.24, 2.45) is 5.41 Å². The molecule has 21 heavy (non-hydrogen) atoms. The highest BCUT2D eigenvalue weighted by Gasteiger charge is 2.42. The van der Waals surface area contributed by atoms with Crippen molar-refractivity contribution in [1.82, 2.24) is 15.6 Å². The smallest absolute Gasteiger partial charge is 0.252 e. The minimum Gasteiger partial charge on any atom is -0.354 e. The molecule has 1 aromatic rings. The number of H-pyrrole nitrogens is 1. The van der Waals surface area contributed by atoms with Gasteiger partial charge in [0, 0.05) is 29.3 Å². The van der Waals surface area contributed by atoms with Crippen LogP contribution in [0.4, 0.5) is 0 Å². The first-order valence-electron chi connectivity index (χ1n) is 7.20. The zero-order valence-corrected chi connectivity index (χ0v) is 12.2. The summed E-state index contributed by atoms with van der Waals surface area (Å²) < 4.78 is 0. The predicted molar refractivity (Wildman–Crippen MR) is 77.1 cm³/mol. The number of carbonyl (C=O) groups excluding carboxylic acids is 2. The molecule has 0 spiro atoms. The topological polar surface area (TPSA) is 91.1 Å². The second-order valence-electron chi connectivity index (χ2n) is 6.58. The highest BCUT2D eigenvalue weighted by molar-refractivity contribution is 5.98. The van der Waals surface area contributed by atoms with Gasteiger partial charge in [-0.05, 0) is 24.8 Å². The lowest BCUT2D eigenvalue weighted by Crippen LogP contribution is -2.47. The Balaban J connectivity index is 1.82. The molecule has 1 aliphatic heterocycles. The molecule has 1 aromatic heterocycles. The molecule has 0 bridgehead atoms. The van der Waals surface area contributed by atoms with Crippen LogP contribution in [0.5, 0.6) is 0 Å². The maximum Gasteiger partial charge on any atom is 0.252 e. The molecular weight excluding hydrogens is 270 g/mol. The molecule has 0 aromatic carbocycles. The number of hydrogen-bond acceptors (Lipinski definition) is 3. The molecule has 2 fully saturated rings. The first-order valence-corrected chi connectivity index (χ1v) is 7.20. The molecule has 3 N–H and O–H groups in total. The van der Waals surface area contributed by atoms with E-state index >= 15 is 0 Å². The van der Waals surface area contributed by atoms with Gasteiger partial charge in [-0.15, -0.1) is 0 Å². The fourth-order valence-electron chi connectivity index (χ4n) is 2.66. The Morgan fingerprint density at radius 3 is 2.57 bits per heavy atom. The second kappa shape index (κ2) is 4.72. The summed E-state index contributed by atoms with van der Waals surface area (Å²) in [5.74, 6) is -0.199. The molecule has 1 aliphatic carbocycles. The van der Waals surface area contributed by atoms with Crippen LogP contribution < -0.4 is 16.2 Å². The van der Waals surface area contributed by atoms with Gasteiger partial charge in [0.1, 0.15) is 6.04 Å². The van der Waals surface area contributed by atoms with Crippen LogP contribution in [-0.2, 0) is 4.79 Å². The second-order valence-corrected chi connectivity index (χ2v) is 6.58. The van der Waals surface area contributed by atoms with E-state index in [4.69, 9.17) is 0 Å². The van der Waals surface area contributed by atoms with Crippen LogP contribution in [0, 0.1) is 5.41 Å². The fourth-order valence-corrected chi connectivity index (χ4v) is 2.66. The molecule has 6 heteroatoms. The van der Waals surface area contributed by atoms with E-state index in [2.05, 4.69) is 15.6 Å². The molecule has 6 nitrogen and oxygen atoms in total. The van der Waals surface area contributed by atoms with Crippen molar-refractivity contribution in [3.63, 3.8) is 0 Å². The van der Waals surface area contributed by atoms with E-state index in [1.54, 1.807) is 6.07 Å². The number of rotatable bonds is 3. The van der Waals surface area contributed by atoms with E-state index in [0.29, 0.717) is 18.0 Å². The van der Waals surface area contributed by atoms with E-state index in [1.807, 2.05) is 13.8 Å². The van der Waals surface area contributed by atoms with Gasteiger partial charge in [-0.2, -0.15) is 0 Å². The Morgan fingerprint density at radius 1 is 1.29 bits per heavy atom. The van der Waals surface area contributed by atoms with Crippen LogP contribution in [0.15, 0.2) is 16.9 Å². The summed E-state index contributed by atoms with van der Waals surface area (Å²) in [6.07, 6.45) is 2.08. The lowest BCUT2D eigenvalue weighted by molar-refractivity contribution is -0.121. The summed E-state index contributed by atoms with van der Waals surface area (Å²) in [6.45, 7) is 4.37. The van der Waals surface area contributed by atoms with Crippen molar-refractivity contribution in [2.45, 2.75) is 38.6 Å². The van der Waals surface area contributed by atoms with Gasteiger partial charge in [-0.25, -0.2) is 0 Å². The molecule has 112 valence electrons. The van der Waals surface area contributed by atoms with Gasteiger partial charge in [0.25, 0.3) is 5.91 Å². The average molecular weight is 289 g/mol. The molecule has 1 saturated carbocycles. The number of aromatic nitrogens is 1. The molecule has 0 radical (unpaired) electrons. The third kappa shape index (κ3) is 2.70. The minimum atomic E-state index is -0.575. The highest BCUT2D eigenvalue weighted by Crippen LogP contribution is 2.38. The number of aromatic amines is 1. The Kier molecular flexibility index (Phi) is 3.11. The minimum absolute atomic E-state index is 0.180. The van der Waals surface area contributed by atoms with Crippen LogP contribution >= 0.6 is 0 Å². The molecule has 1 saturated heterocycles. The van der Waals surface area contributed by atoms with Gasteiger partial charge in [0.05, 0.1) is 0 Å². The molecule has 1 unspecified atom stereocenters. The van der Waals surface area contributed by atoms with E-state index < -0.39 is 6.04 Å². The van der Waals surface area contributed by atoms with E-state index in [1.165, 1.54) is 6.07 Å². The summed E-state index contributed by atoms with van der Waals surface area (Å²) in [7, 11) is 0. The van der Waals surface area contributed by atoms with Crippen LogP contribution in [0.1, 0.15) is 48.7 Å². The lowest BCUT2D eigenvalue weighted by Gasteiger charge is -2.24. The Labute approximate surface area is 122 Å². The summed E-state index contributed by atoms with van der Waals surface area (Å²) in [4.78, 5) is 38.6. The summed E-state index contributed by atoms with van der Waals surface area (Å²) in [6, 6.07) is 2.42. The van der Waals surface area contributed by atoms with Crippen molar-refractivity contribution in [1.29, 1.82) is 0 Å². The first-order chi connectivity index (χ1) is 9.87. The SMILES string of the molecule is CC1(C)CNC(=O)C1NC(=O)c1cc(C2CC2)[nH]c(=O)c1. The number of pyridine rings is 1. The summed E-state index contributed by atoms with van der Waals surface area (Å²) in [5.41, 5.74) is 0.506. The van der Waals surface area contributed by atoms with Crippen LogP contribution in [-0.4, -0.2) is 29.4 Å². The van der Waals surface area contributed by atoms with Gasteiger partial charge in [0.2, 0.25) is 11.5 Å². The molecule has 1 atom stereocenters. The van der Waals surface area contributed by atoms with E-state index in [0.717, 1.165) is 18.5 Å².